The van der Waals surface area contributed by atoms with Gasteiger partial charge in [-0.05, 0) is 42.8 Å². The molecule has 1 atom stereocenters. The van der Waals surface area contributed by atoms with E-state index in [0.29, 0.717) is 43.2 Å². The van der Waals surface area contributed by atoms with Gasteiger partial charge in [-0.25, -0.2) is 14.2 Å². The van der Waals surface area contributed by atoms with E-state index >= 15 is 0 Å². The molecule has 2 heterocycles. The molecule has 0 N–H and O–H groups in total. The van der Waals surface area contributed by atoms with Crippen LogP contribution in [-0.4, -0.2) is 31.4 Å². The molecule has 39 heavy (non-hydrogen) atoms. The number of hydrogen-bond acceptors (Lipinski definition) is 7. The van der Waals surface area contributed by atoms with E-state index in [1.54, 1.807) is 57.6 Å². The van der Waals surface area contributed by atoms with Crippen molar-refractivity contribution in [3.05, 3.63) is 121 Å². The van der Waals surface area contributed by atoms with Crippen LogP contribution in [0.2, 0.25) is 0 Å². The Bertz CT molecular complexity index is 1740. The zero-order valence-corrected chi connectivity index (χ0v) is 22.3. The summed E-state index contributed by atoms with van der Waals surface area (Å²) in [7, 11) is 3.10. The van der Waals surface area contributed by atoms with Gasteiger partial charge < -0.3 is 14.2 Å². The Morgan fingerprint density at radius 1 is 1.05 bits per heavy atom. The second-order valence-electron chi connectivity index (χ2n) is 8.59. The van der Waals surface area contributed by atoms with Crippen molar-refractivity contribution in [1.29, 1.82) is 0 Å². The summed E-state index contributed by atoms with van der Waals surface area (Å²) in [6.45, 7) is 1.85. The molecule has 0 amide bonds. The summed E-state index contributed by atoms with van der Waals surface area (Å²) in [6, 6.07) is 19.4. The van der Waals surface area contributed by atoms with Crippen LogP contribution < -0.4 is 24.4 Å². The molecular weight excluding hydrogens is 519 g/mol. The molecule has 0 radical (unpaired) electrons. The van der Waals surface area contributed by atoms with Crippen LogP contribution in [0.1, 0.15) is 29.7 Å². The van der Waals surface area contributed by atoms with Crippen LogP contribution in [0.25, 0.3) is 11.8 Å². The first-order valence-corrected chi connectivity index (χ1v) is 13.0. The van der Waals surface area contributed by atoms with Gasteiger partial charge >= 0.3 is 5.97 Å². The van der Waals surface area contributed by atoms with Gasteiger partial charge in [0.25, 0.3) is 5.56 Å². The summed E-state index contributed by atoms with van der Waals surface area (Å²) >= 11 is 1.19. The van der Waals surface area contributed by atoms with Crippen molar-refractivity contribution in [2.75, 3.05) is 20.8 Å². The number of nitrogens with zero attached hydrogens (tertiary/aromatic N) is 2. The molecule has 0 aliphatic carbocycles. The average molecular weight is 545 g/mol. The summed E-state index contributed by atoms with van der Waals surface area (Å²) in [6.07, 6.45) is 1.72. The second kappa shape index (κ2) is 11.1. The molecule has 198 valence electrons. The van der Waals surface area contributed by atoms with Gasteiger partial charge in [0.05, 0.1) is 42.7 Å². The first-order chi connectivity index (χ1) is 18.9. The van der Waals surface area contributed by atoms with Gasteiger partial charge in [-0.2, -0.15) is 0 Å². The summed E-state index contributed by atoms with van der Waals surface area (Å²) in [5, 5.41) is 0. The number of rotatable bonds is 7. The number of ether oxygens (including phenoxy) is 3. The number of thiazole rings is 1. The third-order valence-corrected chi connectivity index (χ3v) is 7.27. The van der Waals surface area contributed by atoms with E-state index in [-0.39, 0.29) is 17.7 Å². The Kier molecular flexibility index (Phi) is 7.42. The van der Waals surface area contributed by atoms with Crippen molar-refractivity contribution in [3.63, 3.8) is 0 Å². The van der Waals surface area contributed by atoms with E-state index in [9.17, 15) is 14.0 Å². The zero-order valence-electron chi connectivity index (χ0n) is 21.5. The first kappa shape index (κ1) is 26.1. The number of hydrogen-bond donors (Lipinski definition) is 0. The third-order valence-electron chi connectivity index (χ3n) is 6.29. The van der Waals surface area contributed by atoms with Crippen LogP contribution in [0, 0.1) is 5.82 Å². The Hall–Kier alpha value is -4.50. The van der Waals surface area contributed by atoms with Gasteiger partial charge in [0.1, 0.15) is 17.3 Å². The first-order valence-electron chi connectivity index (χ1n) is 12.2. The maximum absolute atomic E-state index is 13.9. The maximum atomic E-state index is 13.9. The number of carbonyl (C=O) groups is 1. The third kappa shape index (κ3) is 5.00. The lowest BCUT2D eigenvalue weighted by molar-refractivity contribution is -0.138. The van der Waals surface area contributed by atoms with E-state index in [0.717, 1.165) is 0 Å². The predicted molar refractivity (Wildman–Crippen MR) is 147 cm³/mol. The molecule has 1 aliphatic rings. The smallest absolute Gasteiger partial charge is 0.338 e. The Balaban J connectivity index is 1.81. The number of fused-ring (bicyclic) bond motifs is 1. The largest absolute Gasteiger partial charge is 0.497 e. The van der Waals surface area contributed by atoms with Gasteiger partial charge in [-0.3, -0.25) is 9.36 Å². The quantitative estimate of drug-likeness (QED) is 0.328. The van der Waals surface area contributed by atoms with Crippen molar-refractivity contribution in [2.45, 2.75) is 13.0 Å². The molecule has 4 aromatic rings. The summed E-state index contributed by atoms with van der Waals surface area (Å²) in [4.78, 5) is 32.6. The molecule has 9 heteroatoms. The van der Waals surface area contributed by atoms with E-state index in [1.165, 1.54) is 28.0 Å². The lowest BCUT2D eigenvalue weighted by Crippen LogP contribution is -2.40. The molecule has 3 aromatic carbocycles. The van der Waals surface area contributed by atoms with Crippen molar-refractivity contribution in [2.24, 2.45) is 4.99 Å². The van der Waals surface area contributed by atoms with E-state index < -0.39 is 17.8 Å². The standard InChI is InChI=1S/C30H25FN2O5S/c1-4-38-29(35)25-26(18-8-6-5-7-9-18)32-30-33(27(25)19-10-13-21(31)14-11-19)28(34)24(39-30)16-20-12-15-22(36-2)17-23(20)37-3/h5-17,27H,4H2,1-3H3. The predicted octanol–water partition coefficient (Wildman–Crippen LogP) is 4.09. The highest BCUT2D eigenvalue weighted by Gasteiger charge is 2.35. The van der Waals surface area contributed by atoms with Crippen LogP contribution >= 0.6 is 11.3 Å². The Morgan fingerprint density at radius 2 is 1.79 bits per heavy atom. The van der Waals surface area contributed by atoms with Crippen LogP contribution in [0.5, 0.6) is 11.5 Å². The molecule has 0 fully saturated rings. The lowest BCUT2D eigenvalue weighted by atomic mass is 9.93. The van der Waals surface area contributed by atoms with Crippen molar-refractivity contribution >= 4 is 29.1 Å². The Labute approximate surface area is 227 Å². The van der Waals surface area contributed by atoms with Crippen LogP contribution in [0.15, 0.2) is 88.2 Å². The van der Waals surface area contributed by atoms with Gasteiger partial charge in [0.2, 0.25) is 0 Å². The molecule has 0 saturated heterocycles. The zero-order chi connectivity index (χ0) is 27.5. The fourth-order valence-corrected chi connectivity index (χ4v) is 5.47. The molecule has 1 aliphatic heterocycles. The van der Waals surface area contributed by atoms with Crippen molar-refractivity contribution in [3.8, 4) is 11.5 Å². The van der Waals surface area contributed by atoms with Gasteiger partial charge in [-0.1, -0.05) is 53.8 Å². The number of methoxy groups -OCH3 is 2. The highest BCUT2D eigenvalue weighted by atomic mass is 32.1. The van der Waals surface area contributed by atoms with Crippen molar-refractivity contribution in [1.82, 2.24) is 4.57 Å². The van der Waals surface area contributed by atoms with Crippen LogP contribution in [0.3, 0.4) is 0 Å². The molecule has 1 unspecified atom stereocenters. The maximum Gasteiger partial charge on any atom is 0.338 e. The number of aromatic nitrogens is 1. The van der Waals surface area contributed by atoms with Gasteiger partial charge in [0.15, 0.2) is 4.80 Å². The summed E-state index contributed by atoms with van der Waals surface area (Å²) < 4.78 is 32.0. The highest BCUT2D eigenvalue weighted by Crippen LogP contribution is 2.35. The molecule has 1 aromatic heterocycles. The molecule has 0 spiro atoms. The topological polar surface area (TPSA) is 79.1 Å². The van der Waals surface area contributed by atoms with Crippen LogP contribution in [-0.2, 0) is 9.53 Å². The van der Waals surface area contributed by atoms with E-state index in [2.05, 4.69) is 0 Å². The summed E-state index contributed by atoms with van der Waals surface area (Å²) in [5.41, 5.74) is 2.18. The number of halogens is 1. The molecule has 7 nitrogen and oxygen atoms in total. The molecule has 5 rings (SSSR count). The minimum Gasteiger partial charge on any atom is -0.497 e. The SMILES string of the molecule is CCOC(=O)C1=C(c2ccccc2)N=c2sc(=Cc3ccc(OC)cc3OC)c(=O)n2C1c1ccc(F)cc1. The number of esters is 1. The van der Waals surface area contributed by atoms with Gasteiger partial charge in [0, 0.05) is 17.2 Å². The highest BCUT2D eigenvalue weighted by molar-refractivity contribution is 7.07. The fraction of sp³-hybridized carbons (Fsp3) is 0.167. The van der Waals surface area contributed by atoms with Crippen molar-refractivity contribution < 1.29 is 23.4 Å². The average Bonchev–Trinajstić information content (AvgIpc) is 3.27. The normalized spacial score (nSPS) is 15.0. The lowest BCUT2D eigenvalue weighted by Gasteiger charge is -2.25. The number of carbonyl (C=O) groups excluding carboxylic acids is 1. The van der Waals surface area contributed by atoms with Gasteiger partial charge in [-0.15, -0.1) is 0 Å². The van der Waals surface area contributed by atoms with Crippen LogP contribution in [0.4, 0.5) is 4.39 Å². The molecule has 0 saturated carbocycles. The molecule has 0 bridgehead atoms. The summed E-state index contributed by atoms with van der Waals surface area (Å²) in [5.74, 6) is 0.129. The Morgan fingerprint density at radius 3 is 2.46 bits per heavy atom. The van der Waals surface area contributed by atoms with E-state index in [4.69, 9.17) is 19.2 Å². The fourth-order valence-electron chi connectivity index (χ4n) is 4.48. The molecular formula is C30H25FN2O5S. The van der Waals surface area contributed by atoms with E-state index in [1.807, 2.05) is 30.3 Å². The second-order valence-corrected chi connectivity index (χ2v) is 9.60. The monoisotopic (exact) mass is 544 g/mol. The number of benzene rings is 3. The minimum absolute atomic E-state index is 0.141. The minimum atomic E-state index is -0.879.